The van der Waals surface area contributed by atoms with E-state index < -0.39 is 0 Å². The van der Waals surface area contributed by atoms with Crippen LogP contribution in [-0.2, 0) is 0 Å². The van der Waals surface area contributed by atoms with E-state index in [1.165, 1.54) is 25.7 Å². The van der Waals surface area contributed by atoms with Gasteiger partial charge in [-0.05, 0) is 42.5 Å². The van der Waals surface area contributed by atoms with E-state index in [1.54, 1.807) is 18.4 Å². The Morgan fingerprint density at radius 3 is 2.60 bits per heavy atom. The number of hydrogen-bond acceptors (Lipinski definition) is 3. The third-order valence-electron chi connectivity index (χ3n) is 4.20. The van der Waals surface area contributed by atoms with Gasteiger partial charge in [0, 0.05) is 10.6 Å². The van der Waals surface area contributed by atoms with Gasteiger partial charge in [-0.1, -0.05) is 25.7 Å². The van der Waals surface area contributed by atoms with Gasteiger partial charge >= 0.3 is 0 Å². The molecule has 0 radical (unpaired) electrons. The second kappa shape index (κ2) is 5.96. The van der Waals surface area contributed by atoms with Crippen molar-refractivity contribution in [3.05, 3.63) is 29.1 Å². The van der Waals surface area contributed by atoms with Gasteiger partial charge in [0.05, 0.1) is 12.0 Å². The van der Waals surface area contributed by atoms with Gasteiger partial charge in [-0.25, -0.2) is 0 Å². The molecule has 3 heteroatoms. The van der Waals surface area contributed by atoms with E-state index in [0.717, 1.165) is 33.6 Å². The van der Waals surface area contributed by atoms with Crippen molar-refractivity contribution in [1.29, 1.82) is 0 Å². The van der Waals surface area contributed by atoms with Crippen molar-refractivity contribution >= 4 is 27.2 Å². The molecule has 1 heterocycles. The van der Waals surface area contributed by atoms with Crippen LogP contribution in [0.3, 0.4) is 0 Å². The molecule has 3 rings (SSSR count). The van der Waals surface area contributed by atoms with Gasteiger partial charge in [-0.15, -0.1) is 11.3 Å². The van der Waals surface area contributed by atoms with Crippen molar-refractivity contribution in [2.75, 3.05) is 7.11 Å². The molecule has 0 aliphatic heterocycles. The van der Waals surface area contributed by atoms with Gasteiger partial charge in [0.25, 0.3) is 0 Å². The maximum Gasteiger partial charge on any atom is 0.175 e. The minimum atomic E-state index is 0.243. The first kappa shape index (κ1) is 13.6. The zero-order valence-electron chi connectivity index (χ0n) is 11.9. The van der Waals surface area contributed by atoms with Crippen LogP contribution in [0.25, 0.3) is 10.1 Å². The van der Waals surface area contributed by atoms with E-state index in [1.807, 2.05) is 24.3 Å². The highest BCUT2D eigenvalue weighted by molar-refractivity contribution is 7.20. The Bertz CT molecular complexity index is 606. The molecule has 1 aliphatic rings. The summed E-state index contributed by atoms with van der Waals surface area (Å²) in [7, 11) is 1.67. The average molecular weight is 288 g/mol. The number of hydrogen-bond donors (Lipinski definition) is 0. The number of ketones is 1. The molecule has 0 atom stereocenters. The fraction of sp³-hybridized carbons (Fsp3) is 0.471. The number of thiophene rings is 1. The minimum absolute atomic E-state index is 0.243. The second-order valence-electron chi connectivity index (χ2n) is 5.57. The third-order valence-corrected chi connectivity index (χ3v) is 5.31. The molecule has 106 valence electrons. The van der Waals surface area contributed by atoms with Gasteiger partial charge in [-0.2, -0.15) is 0 Å². The van der Waals surface area contributed by atoms with Crippen LogP contribution in [0, 0.1) is 5.92 Å². The summed E-state index contributed by atoms with van der Waals surface area (Å²) in [5.41, 5.74) is 0. The van der Waals surface area contributed by atoms with Gasteiger partial charge in [-0.3, -0.25) is 4.79 Å². The van der Waals surface area contributed by atoms with E-state index in [-0.39, 0.29) is 5.92 Å². The van der Waals surface area contributed by atoms with Crippen molar-refractivity contribution in [1.82, 2.24) is 0 Å². The van der Waals surface area contributed by atoms with Gasteiger partial charge in [0.2, 0.25) is 0 Å². The zero-order valence-corrected chi connectivity index (χ0v) is 12.7. The molecule has 0 amide bonds. The Labute approximate surface area is 123 Å². The molecule has 0 spiro atoms. The van der Waals surface area contributed by atoms with Crippen LogP contribution < -0.4 is 4.74 Å². The van der Waals surface area contributed by atoms with E-state index >= 15 is 0 Å². The molecule has 1 fully saturated rings. The van der Waals surface area contributed by atoms with Crippen LogP contribution in [-0.4, -0.2) is 12.9 Å². The monoisotopic (exact) mass is 288 g/mol. The minimum Gasteiger partial charge on any atom is -0.497 e. The molecule has 0 N–H and O–H groups in total. The number of ether oxygens (including phenoxy) is 1. The summed E-state index contributed by atoms with van der Waals surface area (Å²) in [6.07, 6.45) is 7.11. The molecule has 0 bridgehead atoms. The standard InChI is InChI=1S/C17H20O2S/c1-19-14-9-8-13-10-16(20-15(13)11-14)17(18)12-6-4-2-3-5-7-12/h8-12H,2-7H2,1H3. The van der Waals surface area contributed by atoms with Crippen molar-refractivity contribution in [2.24, 2.45) is 5.92 Å². The van der Waals surface area contributed by atoms with Gasteiger partial charge in [0.15, 0.2) is 5.78 Å². The number of carbonyl (C=O) groups is 1. The predicted octanol–water partition coefficient (Wildman–Crippen LogP) is 5.06. The quantitative estimate of drug-likeness (QED) is 0.582. The molecule has 1 saturated carbocycles. The molecule has 20 heavy (non-hydrogen) atoms. The number of methoxy groups -OCH3 is 1. The lowest BCUT2D eigenvalue weighted by Gasteiger charge is -2.10. The van der Waals surface area contributed by atoms with Crippen molar-refractivity contribution in [3.63, 3.8) is 0 Å². The highest BCUT2D eigenvalue weighted by atomic mass is 32.1. The van der Waals surface area contributed by atoms with Crippen molar-refractivity contribution in [2.45, 2.75) is 38.5 Å². The molecule has 0 saturated heterocycles. The van der Waals surface area contributed by atoms with Gasteiger partial charge < -0.3 is 4.74 Å². The molecular weight excluding hydrogens is 268 g/mol. The summed E-state index contributed by atoms with van der Waals surface area (Å²) in [6.45, 7) is 0. The summed E-state index contributed by atoms with van der Waals surface area (Å²) in [5.74, 6) is 1.45. The molecular formula is C17H20O2S. The van der Waals surface area contributed by atoms with Crippen LogP contribution in [0.4, 0.5) is 0 Å². The number of carbonyl (C=O) groups excluding carboxylic acids is 1. The lowest BCUT2D eigenvalue weighted by molar-refractivity contribution is 0.0912. The lowest BCUT2D eigenvalue weighted by atomic mass is 9.94. The van der Waals surface area contributed by atoms with Crippen LogP contribution in [0.5, 0.6) is 5.75 Å². The molecule has 2 nitrogen and oxygen atoms in total. The Hall–Kier alpha value is -1.35. The SMILES string of the molecule is COc1ccc2cc(C(=O)C3CCCCCC3)sc2c1. The third kappa shape index (κ3) is 2.73. The van der Waals surface area contributed by atoms with E-state index in [2.05, 4.69) is 0 Å². The number of rotatable bonds is 3. The Morgan fingerprint density at radius 1 is 1.15 bits per heavy atom. The van der Waals surface area contributed by atoms with Crippen LogP contribution in [0.2, 0.25) is 0 Å². The first-order valence-electron chi connectivity index (χ1n) is 7.40. The van der Waals surface area contributed by atoms with Crippen LogP contribution >= 0.6 is 11.3 Å². The normalized spacial score (nSPS) is 17.1. The molecule has 0 unspecified atom stereocenters. The Balaban J connectivity index is 1.87. The summed E-state index contributed by atoms with van der Waals surface area (Å²) >= 11 is 1.61. The molecule has 1 aromatic heterocycles. The van der Waals surface area contributed by atoms with Crippen molar-refractivity contribution in [3.8, 4) is 5.75 Å². The maximum absolute atomic E-state index is 12.7. The number of benzene rings is 1. The fourth-order valence-electron chi connectivity index (χ4n) is 3.00. The first-order valence-corrected chi connectivity index (χ1v) is 8.21. The first-order chi connectivity index (χ1) is 9.78. The van der Waals surface area contributed by atoms with Gasteiger partial charge in [0.1, 0.15) is 5.75 Å². The molecule has 2 aromatic rings. The Kier molecular flexibility index (Phi) is 4.06. The highest BCUT2D eigenvalue weighted by Gasteiger charge is 2.22. The van der Waals surface area contributed by atoms with E-state index in [0.29, 0.717) is 5.78 Å². The summed E-state index contributed by atoms with van der Waals surface area (Å²) < 4.78 is 6.39. The van der Waals surface area contributed by atoms with E-state index in [4.69, 9.17) is 4.74 Å². The number of fused-ring (bicyclic) bond motifs is 1. The molecule has 1 aromatic carbocycles. The molecule has 1 aliphatic carbocycles. The van der Waals surface area contributed by atoms with Crippen LogP contribution in [0.1, 0.15) is 48.2 Å². The second-order valence-corrected chi connectivity index (χ2v) is 6.65. The summed E-state index contributed by atoms with van der Waals surface area (Å²) in [4.78, 5) is 13.6. The predicted molar refractivity (Wildman–Crippen MR) is 83.9 cm³/mol. The van der Waals surface area contributed by atoms with Crippen molar-refractivity contribution < 1.29 is 9.53 Å². The average Bonchev–Trinajstić information content (AvgIpc) is 2.71. The Morgan fingerprint density at radius 2 is 1.90 bits per heavy atom. The fourth-order valence-corrected chi connectivity index (χ4v) is 4.11. The maximum atomic E-state index is 12.7. The summed E-state index contributed by atoms with van der Waals surface area (Å²) in [6, 6.07) is 8.06. The van der Waals surface area contributed by atoms with E-state index in [9.17, 15) is 4.79 Å². The topological polar surface area (TPSA) is 26.3 Å². The lowest BCUT2D eigenvalue weighted by Crippen LogP contribution is -2.12. The highest BCUT2D eigenvalue weighted by Crippen LogP contribution is 2.33. The largest absolute Gasteiger partial charge is 0.497 e. The zero-order chi connectivity index (χ0) is 13.9. The number of Topliss-reactive ketones (excluding diaryl/α,β-unsaturated/α-hetero) is 1. The van der Waals surface area contributed by atoms with Crippen LogP contribution in [0.15, 0.2) is 24.3 Å². The summed E-state index contributed by atoms with van der Waals surface area (Å²) in [5, 5.41) is 1.15. The smallest absolute Gasteiger partial charge is 0.175 e.